The van der Waals surface area contributed by atoms with Crippen molar-refractivity contribution in [1.82, 2.24) is 10.6 Å². The summed E-state index contributed by atoms with van der Waals surface area (Å²) < 4.78 is 19.4. The minimum absolute atomic E-state index is 0.299. The van der Waals surface area contributed by atoms with Gasteiger partial charge in [0.05, 0.1) is 18.2 Å². The molecule has 2 N–H and O–H groups in total. The number of benzene rings is 2. The number of fused-ring (bicyclic) bond motifs is 1. The Morgan fingerprint density at radius 1 is 1.27 bits per heavy atom. The van der Waals surface area contributed by atoms with Crippen LogP contribution in [0.25, 0.3) is 0 Å². The van der Waals surface area contributed by atoms with Gasteiger partial charge in [0, 0.05) is 32.1 Å². The average molecular weight is 352 g/mol. The molecule has 1 aliphatic heterocycles. The van der Waals surface area contributed by atoms with Crippen LogP contribution in [-0.4, -0.2) is 26.2 Å². The Bertz CT molecular complexity index is 857. The molecule has 6 heteroatoms. The third-order valence-electron chi connectivity index (χ3n) is 4.31. The molecule has 0 aromatic heterocycles. The lowest BCUT2D eigenvalue weighted by atomic mass is 10.1. The molecule has 2 aromatic carbocycles. The largest absolute Gasteiger partial charge is 0.493 e. The lowest BCUT2D eigenvalue weighted by molar-refractivity contribution is 0.357. The van der Waals surface area contributed by atoms with E-state index in [4.69, 9.17) is 10.00 Å². The van der Waals surface area contributed by atoms with Crippen molar-refractivity contribution < 1.29 is 9.13 Å². The van der Waals surface area contributed by atoms with E-state index in [2.05, 4.69) is 27.8 Å². The predicted octanol–water partition coefficient (Wildman–Crippen LogP) is 2.54. The fourth-order valence-electron chi connectivity index (χ4n) is 2.88. The monoisotopic (exact) mass is 352 g/mol. The van der Waals surface area contributed by atoms with E-state index in [0.29, 0.717) is 23.6 Å². The quantitative estimate of drug-likeness (QED) is 0.641. The van der Waals surface area contributed by atoms with Crippen LogP contribution in [0.2, 0.25) is 0 Å². The first kappa shape index (κ1) is 17.7. The van der Waals surface area contributed by atoms with Gasteiger partial charge in [0.1, 0.15) is 11.6 Å². The van der Waals surface area contributed by atoms with Crippen molar-refractivity contribution in [2.24, 2.45) is 4.99 Å². The normalized spacial score (nSPS) is 12.9. The van der Waals surface area contributed by atoms with Crippen molar-refractivity contribution >= 4 is 5.96 Å². The maximum absolute atomic E-state index is 13.9. The zero-order valence-corrected chi connectivity index (χ0v) is 14.7. The smallest absolute Gasteiger partial charge is 0.191 e. The summed E-state index contributed by atoms with van der Waals surface area (Å²) in [5, 5.41) is 15.1. The molecular weight excluding hydrogens is 331 g/mol. The van der Waals surface area contributed by atoms with Crippen LogP contribution in [0.15, 0.2) is 41.4 Å². The predicted molar refractivity (Wildman–Crippen MR) is 98.7 cm³/mol. The maximum atomic E-state index is 13.9. The van der Waals surface area contributed by atoms with E-state index in [1.165, 1.54) is 17.2 Å². The third-order valence-corrected chi connectivity index (χ3v) is 4.31. The molecule has 0 amide bonds. The van der Waals surface area contributed by atoms with Gasteiger partial charge >= 0.3 is 0 Å². The molecule has 0 aliphatic carbocycles. The third kappa shape index (κ3) is 4.31. The molecule has 26 heavy (non-hydrogen) atoms. The summed E-state index contributed by atoms with van der Waals surface area (Å²) in [6, 6.07) is 12.7. The van der Waals surface area contributed by atoms with E-state index in [9.17, 15) is 4.39 Å². The van der Waals surface area contributed by atoms with Gasteiger partial charge in [-0.1, -0.05) is 18.2 Å². The second-order valence-corrected chi connectivity index (χ2v) is 6.06. The molecule has 0 fully saturated rings. The number of ether oxygens (including phenoxy) is 1. The van der Waals surface area contributed by atoms with E-state index in [-0.39, 0.29) is 0 Å². The zero-order valence-electron chi connectivity index (χ0n) is 14.7. The van der Waals surface area contributed by atoms with Gasteiger partial charge in [-0.3, -0.25) is 4.99 Å². The summed E-state index contributed by atoms with van der Waals surface area (Å²) in [6.45, 7) is 1.78. The van der Waals surface area contributed by atoms with Crippen molar-refractivity contribution in [3.63, 3.8) is 0 Å². The summed E-state index contributed by atoms with van der Waals surface area (Å²) in [4.78, 5) is 4.16. The number of hydrogen-bond donors (Lipinski definition) is 2. The minimum Gasteiger partial charge on any atom is -0.493 e. The van der Waals surface area contributed by atoms with Crippen LogP contribution >= 0.6 is 0 Å². The molecule has 1 heterocycles. The van der Waals surface area contributed by atoms with Gasteiger partial charge in [-0.2, -0.15) is 5.26 Å². The Balaban J connectivity index is 1.48. The van der Waals surface area contributed by atoms with Gasteiger partial charge < -0.3 is 15.4 Å². The molecular formula is C20H21FN4O. The van der Waals surface area contributed by atoms with Crippen molar-refractivity contribution in [1.29, 1.82) is 5.26 Å². The fraction of sp³-hybridized carbons (Fsp3) is 0.300. The molecule has 5 nitrogen and oxygen atoms in total. The van der Waals surface area contributed by atoms with Gasteiger partial charge in [-0.05, 0) is 35.7 Å². The van der Waals surface area contributed by atoms with E-state index in [1.807, 2.05) is 12.1 Å². The Kier molecular flexibility index (Phi) is 5.69. The molecule has 0 unspecified atom stereocenters. The summed E-state index contributed by atoms with van der Waals surface area (Å²) in [5.41, 5.74) is 3.32. The molecule has 3 rings (SSSR count). The summed E-state index contributed by atoms with van der Waals surface area (Å²) >= 11 is 0. The molecule has 0 spiro atoms. The van der Waals surface area contributed by atoms with Gasteiger partial charge in [0.25, 0.3) is 0 Å². The highest BCUT2D eigenvalue weighted by atomic mass is 19.1. The van der Waals surface area contributed by atoms with Gasteiger partial charge in [-0.15, -0.1) is 0 Å². The van der Waals surface area contributed by atoms with Crippen LogP contribution in [0.5, 0.6) is 5.75 Å². The number of nitrogens with one attached hydrogen (secondary N) is 2. The molecule has 0 atom stereocenters. The maximum Gasteiger partial charge on any atom is 0.191 e. The molecule has 0 saturated carbocycles. The number of hydrogen-bond acceptors (Lipinski definition) is 3. The number of nitrogens with zero attached hydrogens (tertiary/aromatic N) is 2. The highest BCUT2D eigenvalue weighted by molar-refractivity contribution is 5.79. The van der Waals surface area contributed by atoms with Crippen molar-refractivity contribution in [2.75, 3.05) is 20.2 Å². The van der Waals surface area contributed by atoms with Crippen LogP contribution in [0, 0.1) is 17.1 Å². The molecule has 0 bridgehead atoms. The number of rotatable bonds is 5. The van der Waals surface area contributed by atoms with E-state index < -0.39 is 5.82 Å². The Morgan fingerprint density at radius 3 is 2.92 bits per heavy atom. The molecule has 1 aliphatic rings. The van der Waals surface area contributed by atoms with E-state index in [1.54, 1.807) is 19.2 Å². The molecule has 134 valence electrons. The molecule has 2 aromatic rings. The first-order chi connectivity index (χ1) is 12.7. The summed E-state index contributed by atoms with van der Waals surface area (Å²) in [7, 11) is 1.68. The highest BCUT2D eigenvalue weighted by Gasteiger charge is 2.12. The van der Waals surface area contributed by atoms with Crippen LogP contribution in [0.3, 0.4) is 0 Å². The standard InChI is InChI=1S/C20H21FN4O/c1-23-20(25-13-17-4-2-15(12-22)11-18(17)21)24-8-6-14-3-5-19-16(10-14)7-9-26-19/h2-5,10-11H,6-9,13H2,1H3,(H2,23,24,25). The topological polar surface area (TPSA) is 69.4 Å². The van der Waals surface area contributed by atoms with Crippen molar-refractivity contribution in [3.8, 4) is 11.8 Å². The van der Waals surface area contributed by atoms with Crippen molar-refractivity contribution in [3.05, 3.63) is 64.5 Å². The number of nitriles is 1. The molecule has 0 radical (unpaired) electrons. The van der Waals surface area contributed by atoms with Crippen LogP contribution in [-0.2, 0) is 19.4 Å². The second-order valence-electron chi connectivity index (χ2n) is 6.06. The van der Waals surface area contributed by atoms with E-state index >= 15 is 0 Å². The lowest BCUT2D eigenvalue weighted by Crippen LogP contribution is -2.38. The summed E-state index contributed by atoms with van der Waals surface area (Å²) in [5.74, 6) is 1.20. The van der Waals surface area contributed by atoms with Crippen LogP contribution < -0.4 is 15.4 Å². The minimum atomic E-state index is -0.396. The number of guanidine groups is 1. The number of aliphatic imine (C=N–C) groups is 1. The van der Waals surface area contributed by atoms with Crippen LogP contribution in [0.1, 0.15) is 22.3 Å². The zero-order chi connectivity index (χ0) is 18.4. The Labute approximate surface area is 152 Å². The van der Waals surface area contributed by atoms with Crippen molar-refractivity contribution in [2.45, 2.75) is 19.4 Å². The average Bonchev–Trinajstić information content (AvgIpc) is 3.13. The number of halogens is 1. The van der Waals surface area contributed by atoms with Gasteiger partial charge in [-0.25, -0.2) is 4.39 Å². The molecule has 0 saturated heterocycles. The SMILES string of the molecule is CN=C(NCCc1ccc2c(c1)CCO2)NCc1ccc(C#N)cc1F. The second kappa shape index (κ2) is 8.34. The van der Waals surface area contributed by atoms with Gasteiger partial charge in [0.2, 0.25) is 0 Å². The highest BCUT2D eigenvalue weighted by Crippen LogP contribution is 2.25. The lowest BCUT2D eigenvalue weighted by Gasteiger charge is -2.13. The van der Waals surface area contributed by atoms with Crippen LogP contribution in [0.4, 0.5) is 4.39 Å². The Morgan fingerprint density at radius 2 is 2.15 bits per heavy atom. The van der Waals surface area contributed by atoms with Gasteiger partial charge in [0.15, 0.2) is 5.96 Å². The summed E-state index contributed by atoms with van der Waals surface area (Å²) in [6.07, 6.45) is 1.83. The fourth-order valence-corrected chi connectivity index (χ4v) is 2.88. The first-order valence-corrected chi connectivity index (χ1v) is 8.57. The first-order valence-electron chi connectivity index (χ1n) is 8.57. The van der Waals surface area contributed by atoms with E-state index in [0.717, 1.165) is 31.7 Å². The Hall–Kier alpha value is -3.07.